The van der Waals surface area contributed by atoms with Crippen molar-refractivity contribution >= 4 is 40.5 Å². The number of hydrogen-bond donors (Lipinski definition) is 1. The third-order valence-electron chi connectivity index (χ3n) is 3.04. The average molecular weight is 440 g/mol. The van der Waals surface area contributed by atoms with Gasteiger partial charge in [-0.15, -0.1) is 0 Å². The van der Waals surface area contributed by atoms with E-state index in [1.807, 2.05) is 0 Å². The number of halogens is 3. The summed E-state index contributed by atoms with van der Waals surface area (Å²) in [5.74, 6) is 0.186. The Balaban J connectivity index is 2.30. The lowest BCUT2D eigenvalue weighted by Gasteiger charge is -2.23. The molecule has 0 bridgehead atoms. The van der Waals surface area contributed by atoms with Crippen molar-refractivity contribution in [3.8, 4) is 0 Å². The molecule has 12 heteroatoms. The highest BCUT2D eigenvalue weighted by Crippen LogP contribution is 2.62. The van der Waals surface area contributed by atoms with E-state index in [2.05, 4.69) is 30.9 Å². The van der Waals surface area contributed by atoms with E-state index in [1.54, 1.807) is 0 Å². The van der Waals surface area contributed by atoms with Gasteiger partial charge in [-0.05, 0) is 13.8 Å². The van der Waals surface area contributed by atoms with Crippen LogP contribution in [0.3, 0.4) is 0 Å². The Hall–Kier alpha value is -1.42. The van der Waals surface area contributed by atoms with Gasteiger partial charge in [0, 0.05) is 10.6 Å². The second-order valence-corrected chi connectivity index (χ2v) is 7.94. The highest BCUT2D eigenvalue weighted by Gasteiger charge is 2.51. The van der Waals surface area contributed by atoms with Gasteiger partial charge in [0.2, 0.25) is 0 Å². The summed E-state index contributed by atoms with van der Waals surface area (Å²) in [7, 11) is -4.63. The Labute approximate surface area is 151 Å². The minimum atomic E-state index is -4.63. The zero-order valence-electron chi connectivity index (χ0n) is 13.5. The molecule has 0 unspecified atom stereocenters. The lowest BCUT2D eigenvalue weighted by Crippen LogP contribution is -2.18. The SMILES string of the molecule is CCOP(=O)(OCC)C(F)(F)/C=C(\Br)Cn1cnc2c(N)ncnc21. The predicted octanol–water partition coefficient (Wildman–Crippen LogP) is 3.55. The van der Waals surface area contributed by atoms with Gasteiger partial charge in [0.15, 0.2) is 11.5 Å². The molecule has 2 aromatic heterocycles. The molecule has 0 aliphatic carbocycles. The van der Waals surface area contributed by atoms with Gasteiger partial charge >= 0.3 is 13.3 Å². The molecule has 2 heterocycles. The van der Waals surface area contributed by atoms with Crippen LogP contribution in [-0.4, -0.2) is 38.4 Å². The van der Waals surface area contributed by atoms with Crippen molar-refractivity contribution in [1.82, 2.24) is 19.5 Å². The number of hydrogen-bond acceptors (Lipinski definition) is 7. The third kappa shape index (κ3) is 4.22. The maximum Gasteiger partial charge on any atom is 0.403 e. The Morgan fingerprint density at radius 2 is 2.00 bits per heavy atom. The summed E-state index contributed by atoms with van der Waals surface area (Å²) >= 11 is 3.06. The normalized spacial score (nSPS) is 13.6. The van der Waals surface area contributed by atoms with Crippen molar-refractivity contribution in [2.24, 2.45) is 0 Å². The lowest BCUT2D eigenvalue weighted by molar-refractivity contribution is 0.0789. The molecule has 2 aromatic rings. The second-order valence-electron chi connectivity index (χ2n) is 4.82. The summed E-state index contributed by atoms with van der Waals surface area (Å²) in [5.41, 5.74) is 2.63. The van der Waals surface area contributed by atoms with E-state index in [4.69, 9.17) is 14.8 Å². The highest BCUT2D eigenvalue weighted by atomic mass is 79.9. The van der Waals surface area contributed by atoms with Crippen LogP contribution in [-0.2, 0) is 20.2 Å². The maximum absolute atomic E-state index is 14.4. The van der Waals surface area contributed by atoms with Gasteiger partial charge in [0.1, 0.15) is 11.8 Å². The number of rotatable bonds is 8. The van der Waals surface area contributed by atoms with E-state index < -0.39 is 13.3 Å². The van der Waals surface area contributed by atoms with E-state index in [1.165, 1.54) is 31.1 Å². The summed E-state index contributed by atoms with van der Waals surface area (Å²) in [5, 5.41) is 0. The van der Waals surface area contributed by atoms with E-state index in [9.17, 15) is 13.3 Å². The highest BCUT2D eigenvalue weighted by molar-refractivity contribution is 9.11. The fourth-order valence-corrected chi connectivity index (χ4v) is 4.19. The zero-order chi connectivity index (χ0) is 18.7. The fraction of sp³-hybridized carbons (Fsp3) is 0.462. The lowest BCUT2D eigenvalue weighted by atomic mass is 10.4. The molecule has 138 valence electrons. The second kappa shape index (κ2) is 7.86. The molecule has 8 nitrogen and oxygen atoms in total. The first-order valence-corrected chi connectivity index (χ1v) is 9.63. The van der Waals surface area contributed by atoms with Crippen molar-refractivity contribution in [3.63, 3.8) is 0 Å². The number of nitrogen functional groups attached to an aromatic ring is 1. The molecular formula is C13H17BrF2N5O3P. The molecule has 2 N–H and O–H groups in total. The molecule has 0 radical (unpaired) electrons. The summed E-state index contributed by atoms with van der Waals surface area (Å²) in [4.78, 5) is 11.9. The summed E-state index contributed by atoms with van der Waals surface area (Å²) in [6.45, 7) is 2.56. The minimum Gasteiger partial charge on any atom is -0.382 e. The molecule has 0 saturated heterocycles. The quantitative estimate of drug-likeness (QED) is 0.626. The zero-order valence-corrected chi connectivity index (χ0v) is 16.0. The molecule has 2 rings (SSSR count). The number of nitrogens with two attached hydrogens (primary N) is 1. The van der Waals surface area contributed by atoms with Gasteiger partial charge in [-0.3, -0.25) is 4.57 Å². The first-order valence-electron chi connectivity index (χ1n) is 7.29. The Morgan fingerprint density at radius 3 is 2.60 bits per heavy atom. The Morgan fingerprint density at radius 1 is 1.36 bits per heavy atom. The van der Waals surface area contributed by atoms with Crippen molar-refractivity contribution < 1.29 is 22.4 Å². The Kier molecular flexibility index (Phi) is 6.26. The van der Waals surface area contributed by atoms with Gasteiger partial charge in [-0.25, -0.2) is 15.0 Å². The summed E-state index contributed by atoms with van der Waals surface area (Å²) < 4.78 is 52.1. The molecule has 0 aromatic carbocycles. The Bertz CT molecular complexity index is 819. The number of aromatic nitrogens is 4. The van der Waals surface area contributed by atoms with Gasteiger partial charge in [0.05, 0.1) is 26.1 Å². The van der Waals surface area contributed by atoms with Gasteiger partial charge in [-0.2, -0.15) is 8.78 Å². The van der Waals surface area contributed by atoms with E-state index >= 15 is 0 Å². The van der Waals surface area contributed by atoms with Crippen LogP contribution in [0.15, 0.2) is 23.2 Å². The smallest absolute Gasteiger partial charge is 0.382 e. The minimum absolute atomic E-state index is 0.0270. The molecule has 0 aliphatic rings. The fourth-order valence-electron chi connectivity index (χ4n) is 2.04. The number of imidazole rings is 1. The van der Waals surface area contributed by atoms with E-state index in [-0.39, 0.29) is 30.1 Å². The molecule has 0 atom stereocenters. The van der Waals surface area contributed by atoms with Crippen LogP contribution in [0, 0.1) is 0 Å². The number of fused-ring (bicyclic) bond motifs is 1. The monoisotopic (exact) mass is 439 g/mol. The van der Waals surface area contributed by atoms with E-state index in [0.29, 0.717) is 17.2 Å². The first kappa shape index (κ1) is 19.9. The average Bonchev–Trinajstić information content (AvgIpc) is 2.91. The molecule has 0 fully saturated rings. The van der Waals surface area contributed by atoms with E-state index in [0.717, 1.165) is 0 Å². The van der Waals surface area contributed by atoms with Crippen molar-refractivity contribution in [2.45, 2.75) is 26.1 Å². The van der Waals surface area contributed by atoms with Crippen LogP contribution in [0.5, 0.6) is 0 Å². The van der Waals surface area contributed by atoms with Crippen LogP contribution in [0.25, 0.3) is 11.2 Å². The number of alkyl halides is 2. The summed E-state index contributed by atoms with van der Waals surface area (Å²) in [6.07, 6.45) is 3.16. The van der Waals surface area contributed by atoms with Gasteiger partial charge in [-0.1, -0.05) is 15.9 Å². The largest absolute Gasteiger partial charge is 0.403 e. The molecule has 25 heavy (non-hydrogen) atoms. The van der Waals surface area contributed by atoms with Crippen LogP contribution >= 0.6 is 23.5 Å². The third-order valence-corrected chi connectivity index (χ3v) is 5.58. The predicted molar refractivity (Wildman–Crippen MR) is 92.6 cm³/mol. The van der Waals surface area contributed by atoms with Crippen LogP contribution in [0.4, 0.5) is 14.6 Å². The standard InChI is InChI=1S/C13H17BrF2N5O3P/c1-3-23-25(22,24-4-2)13(15,16)5-9(14)6-21-8-20-10-11(17)18-7-19-12(10)21/h5,7-8H,3-4,6H2,1-2H3,(H2,17,18,19)/b9-5-. The number of nitrogens with zero attached hydrogens (tertiary/aromatic N) is 4. The first-order chi connectivity index (χ1) is 11.7. The van der Waals surface area contributed by atoms with Crippen molar-refractivity contribution in [2.75, 3.05) is 18.9 Å². The van der Waals surface area contributed by atoms with Crippen LogP contribution < -0.4 is 5.73 Å². The van der Waals surface area contributed by atoms with Gasteiger partial charge < -0.3 is 19.3 Å². The molecule has 0 aliphatic heterocycles. The molecular weight excluding hydrogens is 423 g/mol. The molecule has 0 spiro atoms. The van der Waals surface area contributed by atoms with Crippen molar-refractivity contribution in [3.05, 3.63) is 23.2 Å². The maximum atomic E-state index is 14.4. The number of allylic oxidation sites excluding steroid dienone is 2. The van der Waals surface area contributed by atoms with Crippen LogP contribution in [0.2, 0.25) is 0 Å². The number of anilines is 1. The molecule has 0 saturated carbocycles. The van der Waals surface area contributed by atoms with Gasteiger partial charge in [0.25, 0.3) is 0 Å². The van der Waals surface area contributed by atoms with Crippen molar-refractivity contribution in [1.29, 1.82) is 0 Å². The van der Waals surface area contributed by atoms with Crippen LogP contribution in [0.1, 0.15) is 13.8 Å². The topological polar surface area (TPSA) is 105 Å². The summed E-state index contributed by atoms with van der Waals surface area (Å²) in [6, 6.07) is 0. The molecule has 0 amide bonds.